The van der Waals surface area contributed by atoms with Crippen LogP contribution >= 0.6 is 11.3 Å². The molecule has 0 amide bonds. The molecule has 0 fully saturated rings. The summed E-state index contributed by atoms with van der Waals surface area (Å²) in [5.41, 5.74) is 10.9. The van der Waals surface area contributed by atoms with Crippen LogP contribution in [0.25, 0.3) is 0 Å². The van der Waals surface area contributed by atoms with E-state index in [9.17, 15) is 0 Å². The smallest absolute Gasteiger partial charge is 0.122 e. The Morgan fingerprint density at radius 1 is 1.16 bits per heavy atom. The summed E-state index contributed by atoms with van der Waals surface area (Å²) < 4.78 is 5.34. The number of hydrogen-bond acceptors (Lipinski definition) is 4. The molecular weight excluding hydrogens is 256 g/mol. The van der Waals surface area contributed by atoms with Crippen molar-refractivity contribution in [2.24, 2.45) is 5.73 Å². The number of methoxy groups -OCH3 is 1. The number of aryl methyl sites for hydroxylation is 4. The first-order valence-corrected chi connectivity index (χ1v) is 7.10. The summed E-state index contributed by atoms with van der Waals surface area (Å²) >= 11 is 1.67. The maximum absolute atomic E-state index is 6.42. The van der Waals surface area contributed by atoms with Gasteiger partial charge in [-0.25, -0.2) is 4.98 Å². The van der Waals surface area contributed by atoms with E-state index in [0.717, 1.165) is 38.0 Å². The van der Waals surface area contributed by atoms with E-state index in [4.69, 9.17) is 10.5 Å². The average Bonchev–Trinajstić information content (AvgIpc) is 2.70. The van der Waals surface area contributed by atoms with Gasteiger partial charge in [-0.15, -0.1) is 11.3 Å². The SMILES string of the molecule is COc1cc(C)c(C(N)c2sc(C)nc2C)cc1C. The van der Waals surface area contributed by atoms with E-state index in [1.54, 1.807) is 18.4 Å². The lowest BCUT2D eigenvalue weighted by Crippen LogP contribution is -2.13. The standard InChI is InChI=1S/C15H20N2OS/c1-8-7-13(18-5)9(2)6-12(8)14(16)15-10(3)17-11(4)19-15/h6-7,14H,16H2,1-5H3. The third-order valence-corrected chi connectivity index (χ3v) is 4.50. The van der Waals surface area contributed by atoms with Crippen LogP contribution in [0, 0.1) is 27.7 Å². The van der Waals surface area contributed by atoms with Gasteiger partial charge in [0.15, 0.2) is 0 Å². The zero-order valence-electron chi connectivity index (χ0n) is 12.1. The lowest BCUT2D eigenvalue weighted by atomic mass is 9.97. The number of thiazole rings is 1. The number of nitrogens with two attached hydrogens (primary N) is 1. The van der Waals surface area contributed by atoms with E-state index >= 15 is 0 Å². The first-order valence-electron chi connectivity index (χ1n) is 6.28. The van der Waals surface area contributed by atoms with Crippen molar-refractivity contribution in [2.75, 3.05) is 7.11 Å². The van der Waals surface area contributed by atoms with Crippen LogP contribution in [0.1, 0.15) is 38.3 Å². The van der Waals surface area contributed by atoms with Crippen molar-refractivity contribution >= 4 is 11.3 Å². The van der Waals surface area contributed by atoms with Gasteiger partial charge < -0.3 is 10.5 Å². The van der Waals surface area contributed by atoms with E-state index in [-0.39, 0.29) is 6.04 Å². The number of nitrogens with zero attached hydrogens (tertiary/aromatic N) is 1. The maximum Gasteiger partial charge on any atom is 0.122 e. The first kappa shape index (κ1) is 14.0. The summed E-state index contributed by atoms with van der Waals surface area (Å²) in [6.45, 7) is 8.14. The van der Waals surface area contributed by atoms with Gasteiger partial charge in [0.25, 0.3) is 0 Å². The Kier molecular flexibility index (Phi) is 3.92. The van der Waals surface area contributed by atoms with Crippen molar-refractivity contribution in [3.63, 3.8) is 0 Å². The summed E-state index contributed by atoms with van der Waals surface area (Å²) in [6.07, 6.45) is 0. The van der Waals surface area contributed by atoms with Gasteiger partial charge in [-0.3, -0.25) is 0 Å². The van der Waals surface area contributed by atoms with E-state index in [2.05, 4.69) is 18.0 Å². The highest BCUT2D eigenvalue weighted by Crippen LogP contribution is 2.32. The van der Waals surface area contributed by atoms with Crippen LogP contribution in [-0.2, 0) is 0 Å². The van der Waals surface area contributed by atoms with E-state index < -0.39 is 0 Å². The molecule has 102 valence electrons. The highest BCUT2D eigenvalue weighted by atomic mass is 32.1. The molecule has 0 aliphatic heterocycles. The Morgan fingerprint density at radius 2 is 1.84 bits per heavy atom. The fourth-order valence-corrected chi connectivity index (χ4v) is 3.29. The van der Waals surface area contributed by atoms with E-state index in [0.29, 0.717) is 0 Å². The quantitative estimate of drug-likeness (QED) is 0.934. The lowest BCUT2D eigenvalue weighted by molar-refractivity contribution is 0.411. The van der Waals surface area contributed by atoms with Crippen molar-refractivity contribution in [3.8, 4) is 5.75 Å². The van der Waals surface area contributed by atoms with Crippen LogP contribution in [0.4, 0.5) is 0 Å². The highest BCUT2D eigenvalue weighted by Gasteiger charge is 2.18. The predicted octanol–water partition coefficient (Wildman–Crippen LogP) is 3.43. The summed E-state index contributed by atoms with van der Waals surface area (Å²) in [4.78, 5) is 5.60. The Morgan fingerprint density at radius 3 is 2.37 bits per heavy atom. The Bertz CT molecular complexity index is 604. The number of hydrogen-bond donors (Lipinski definition) is 1. The van der Waals surface area contributed by atoms with Crippen LogP contribution in [0.3, 0.4) is 0 Å². The van der Waals surface area contributed by atoms with Crippen LogP contribution in [0.5, 0.6) is 5.75 Å². The first-order chi connectivity index (χ1) is 8.93. The van der Waals surface area contributed by atoms with Gasteiger partial charge in [0.1, 0.15) is 5.75 Å². The van der Waals surface area contributed by atoms with Crippen LogP contribution in [0.15, 0.2) is 12.1 Å². The van der Waals surface area contributed by atoms with Gasteiger partial charge in [0.2, 0.25) is 0 Å². The molecule has 0 spiro atoms. The topological polar surface area (TPSA) is 48.1 Å². The summed E-state index contributed by atoms with van der Waals surface area (Å²) in [5, 5.41) is 1.06. The van der Waals surface area contributed by atoms with Gasteiger partial charge in [-0.1, -0.05) is 6.07 Å². The highest BCUT2D eigenvalue weighted by molar-refractivity contribution is 7.11. The number of ether oxygens (including phenoxy) is 1. The fraction of sp³-hybridized carbons (Fsp3) is 0.400. The monoisotopic (exact) mass is 276 g/mol. The third-order valence-electron chi connectivity index (χ3n) is 3.34. The van der Waals surface area contributed by atoms with Crippen molar-refractivity contribution in [1.82, 2.24) is 4.98 Å². The lowest BCUT2D eigenvalue weighted by Gasteiger charge is -2.16. The summed E-state index contributed by atoms with van der Waals surface area (Å²) in [7, 11) is 1.69. The second-order valence-electron chi connectivity index (χ2n) is 4.84. The van der Waals surface area contributed by atoms with E-state index in [1.165, 1.54) is 0 Å². The average molecular weight is 276 g/mol. The zero-order chi connectivity index (χ0) is 14.2. The maximum atomic E-state index is 6.42. The number of benzene rings is 1. The Hall–Kier alpha value is -1.39. The summed E-state index contributed by atoms with van der Waals surface area (Å²) in [5.74, 6) is 0.908. The second kappa shape index (κ2) is 5.31. The molecule has 2 rings (SSSR count). The molecule has 1 atom stereocenters. The van der Waals surface area contributed by atoms with E-state index in [1.807, 2.05) is 26.8 Å². The Labute approximate surface area is 118 Å². The predicted molar refractivity (Wildman–Crippen MR) is 80.1 cm³/mol. The van der Waals surface area contributed by atoms with Crippen LogP contribution < -0.4 is 10.5 Å². The van der Waals surface area contributed by atoms with Gasteiger partial charge in [0, 0.05) is 4.88 Å². The Balaban J connectivity index is 2.47. The zero-order valence-corrected chi connectivity index (χ0v) is 12.9. The molecule has 0 saturated heterocycles. The minimum Gasteiger partial charge on any atom is -0.496 e. The molecule has 0 bridgehead atoms. The molecule has 0 aliphatic rings. The fourth-order valence-electron chi connectivity index (χ4n) is 2.34. The van der Waals surface area contributed by atoms with Gasteiger partial charge >= 0.3 is 0 Å². The second-order valence-corrected chi connectivity index (χ2v) is 6.07. The molecule has 0 saturated carbocycles. The largest absolute Gasteiger partial charge is 0.496 e. The molecule has 2 aromatic rings. The van der Waals surface area contributed by atoms with Crippen molar-refractivity contribution in [2.45, 2.75) is 33.7 Å². The molecule has 1 unspecified atom stereocenters. The summed E-state index contributed by atoms with van der Waals surface area (Å²) in [6, 6.07) is 4.05. The minimum absolute atomic E-state index is 0.115. The molecule has 1 aromatic heterocycles. The number of rotatable bonds is 3. The van der Waals surface area contributed by atoms with Crippen molar-refractivity contribution in [1.29, 1.82) is 0 Å². The molecule has 3 nitrogen and oxygen atoms in total. The normalized spacial score (nSPS) is 12.5. The molecule has 19 heavy (non-hydrogen) atoms. The number of aromatic nitrogens is 1. The molecule has 1 aromatic carbocycles. The van der Waals surface area contributed by atoms with Crippen LogP contribution in [-0.4, -0.2) is 12.1 Å². The molecule has 4 heteroatoms. The van der Waals surface area contributed by atoms with Gasteiger partial charge in [-0.05, 0) is 50.5 Å². The molecule has 2 N–H and O–H groups in total. The van der Waals surface area contributed by atoms with Crippen molar-refractivity contribution < 1.29 is 4.74 Å². The van der Waals surface area contributed by atoms with Crippen LogP contribution in [0.2, 0.25) is 0 Å². The van der Waals surface area contributed by atoms with Crippen molar-refractivity contribution in [3.05, 3.63) is 44.4 Å². The van der Waals surface area contributed by atoms with Gasteiger partial charge in [-0.2, -0.15) is 0 Å². The third kappa shape index (κ3) is 2.65. The minimum atomic E-state index is -0.115. The van der Waals surface area contributed by atoms with Gasteiger partial charge in [0.05, 0.1) is 23.9 Å². The molecule has 0 aliphatic carbocycles. The molecule has 1 heterocycles. The molecular formula is C15H20N2OS. The molecule has 0 radical (unpaired) electrons.